The monoisotopic (exact) mass is 182 g/mol. The highest BCUT2D eigenvalue weighted by Gasteiger charge is 2.05. The Hall–Kier alpha value is -1.75. The molecule has 0 aliphatic rings. The van der Waals surface area contributed by atoms with Crippen LogP contribution in [0.1, 0.15) is 0 Å². The van der Waals surface area contributed by atoms with E-state index < -0.39 is 12.6 Å². The van der Waals surface area contributed by atoms with E-state index in [9.17, 15) is 4.79 Å². The molecule has 0 fully saturated rings. The van der Waals surface area contributed by atoms with Gasteiger partial charge in [-0.3, -0.25) is 0 Å². The summed E-state index contributed by atoms with van der Waals surface area (Å²) in [6, 6.07) is 4.49. The molecule has 5 heteroatoms. The molecule has 5 N–H and O–H groups in total. The molecule has 5 nitrogen and oxygen atoms in total. The van der Waals surface area contributed by atoms with Crippen molar-refractivity contribution in [1.82, 2.24) is 0 Å². The summed E-state index contributed by atoms with van der Waals surface area (Å²) in [4.78, 5) is 10.7. The van der Waals surface area contributed by atoms with Gasteiger partial charge in [-0.05, 0) is 18.2 Å². The molecule has 70 valence electrons. The second kappa shape index (κ2) is 3.77. The lowest BCUT2D eigenvalue weighted by molar-refractivity contribution is -0.137. The lowest BCUT2D eigenvalue weighted by Crippen LogP contribution is -2.13. The molecule has 0 spiro atoms. The van der Waals surface area contributed by atoms with Crippen molar-refractivity contribution in [3.63, 3.8) is 0 Å². The van der Waals surface area contributed by atoms with Gasteiger partial charge in [-0.25, -0.2) is 4.79 Å². The van der Waals surface area contributed by atoms with Crippen molar-refractivity contribution in [2.75, 3.05) is 18.1 Å². The Labute approximate surface area is 74.9 Å². The zero-order valence-electron chi connectivity index (χ0n) is 6.86. The minimum absolute atomic E-state index is 0.202. The van der Waals surface area contributed by atoms with Crippen molar-refractivity contribution < 1.29 is 14.6 Å². The number of anilines is 2. The fourth-order valence-corrected chi connectivity index (χ4v) is 0.815. The molecule has 0 unspecified atom stereocenters. The molecule has 0 saturated heterocycles. The lowest BCUT2D eigenvalue weighted by atomic mass is 10.2. The van der Waals surface area contributed by atoms with Crippen molar-refractivity contribution in [2.24, 2.45) is 0 Å². The van der Waals surface area contributed by atoms with Gasteiger partial charge in [0.1, 0.15) is 6.61 Å². The zero-order valence-corrected chi connectivity index (χ0v) is 6.86. The van der Waals surface area contributed by atoms with Crippen molar-refractivity contribution in [1.29, 1.82) is 0 Å². The molecule has 13 heavy (non-hydrogen) atoms. The number of rotatable bonds is 2. The van der Waals surface area contributed by atoms with Gasteiger partial charge in [0.25, 0.3) is 0 Å². The molecule has 0 bridgehead atoms. The molecule has 0 aromatic heterocycles. The van der Waals surface area contributed by atoms with Gasteiger partial charge in [0.2, 0.25) is 0 Å². The fraction of sp³-hybridized carbons (Fsp3) is 0.125. The maximum absolute atomic E-state index is 10.7. The summed E-state index contributed by atoms with van der Waals surface area (Å²) >= 11 is 0. The number of aliphatic hydroxyl groups is 1. The Bertz CT molecular complexity index is 325. The smallest absolute Gasteiger partial charge is 0.337 e. The molecule has 0 atom stereocenters. The Morgan fingerprint density at radius 3 is 2.69 bits per heavy atom. The van der Waals surface area contributed by atoms with Crippen LogP contribution in [0, 0.1) is 0 Å². The van der Waals surface area contributed by atoms with Crippen LogP contribution in [0.2, 0.25) is 0 Å². The summed E-state index contributed by atoms with van der Waals surface area (Å²) in [5, 5.41) is 8.40. The third-order valence-corrected chi connectivity index (χ3v) is 1.39. The molecule has 0 amide bonds. The molecule has 0 saturated carbocycles. The third kappa shape index (κ3) is 2.34. The Kier molecular flexibility index (Phi) is 2.71. The number of esters is 1. The van der Waals surface area contributed by atoms with E-state index in [0.29, 0.717) is 5.69 Å². The summed E-state index contributed by atoms with van der Waals surface area (Å²) in [6.45, 7) is -0.677. The maximum Gasteiger partial charge on any atom is 0.337 e. The minimum Gasteiger partial charge on any atom is -0.423 e. The molecular formula is C8H10N2O3. The molecular weight excluding hydrogens is 172 g/mol. The first-order valence-corrected chi connectivity index (χ1v) is 3.60. The van der Waals surface area contributed by atoms with Crippen LogP contribution in [-0.2, 0) is 4.79 Å². The van der Waals surface area contributed by atoms with Crippen LogP contribution < -0.4 is 16.2 Å². The normalized spacial score (nSPS) is 9.62. The van der Waals surface area contributed by atoms with Crippen molar-refractivity contribution >= 4 is 17.3 Å². The highest BCUT2D eigenvalue weighted by Crippen LogP contribution is 2.23. The Balaban J connectivity index is 2.83. The maximum atomic E-state index is 10.7. The van der Waals surface area contributed by atoms with E-state index in [4.69, 9.17) is 16.6 Å². The molecule has 1 aromatic rings. The molecule has 1 rings (SSSR count). The number of nitrogen functional groups attached to an aromatic ring is 2. The van der Waals surface area contributed by atoms with Crippen molar-refractivity contribution in [2.45, 2.75) is 0 Å². The summed E-state index contributed by atoms with van der Waals surface area (Å²) in [7, 11) is 0. The van der Waals surface area contributed by atoms with Crippen LogP contribution in [0.4, 0.5) is 11.4 Å². The Morgan fingerprint density at radius 2 is 2.15 bits per heavy atom. The first-order chi connectivity index (χ1) is 6.13. The number of hydrogen-bond donors (Lipinski definition) is 3. The number of carbonyl (C=O) groups is 1. The van der Waals surface area contributed by atoms with E-state index in [1.807, 2.05) is 0 Å². The quantitative estimate of drug-likeness (QED) is 0.333. The molecule has 0 aliphatic heterocycles. The number of nitrogens with two attached hydrogens (primary N) is 2. The third-order valence-electron chi connectivity index (χ3n) is 1.39. The summed E-state index contributed by atoms with van der Waals surface area (Å²) in [5.41, 5.74) is 11.7. The topological polar surface area (TPSA) is 98.6 Å². The van der Waals surface area contributed by atoms with Gasteiger partial charge in [-0.2, -0.15) is 0 Å². The molecule has 0 radical (unpaired) electrons. The van der Waals surface area contributed by atoms with Crippen LogP contribution >= 0.6 is 0 Å². The van der Waals surface area contributed by atoms with Crippen molar-refractivity contribution in [3.05, 3.63) is 18.2 Å². The second-order valence-electron chi connectivity index (χ2n) is 2.43. The van der Waals surface area contributed by atoms with E-state index in [-0.39, 0.29) is 11.4 Å². The predicted octanol–water partition coefficient (Wildman–Crippen LogP) is -0.251. The largest absolute Gasteiger partial charge is 0.423 e. The fourth-order valence-electron chi connectivity index (χ4n) is 0.815. The van der Waals surface area contributed by atoms with E-state index in [0.717, 1.165) is 0 Å². The number of hydrogen-bond acceptors (Lipinski definition) is 5. The predicted molar refractivity (Wildman–Crippen MR) is 48.0 cm³/mol. The van der Waals surface area contributed by atoms with Crippen LogP contribution in [-0.4, -0.2) is 17.7 Å². The number of benzene rings is 1. The minimum atomic E-state index is -0.753. The highest BCUT2D eigenvalue weighted by atomic mass is 16.5. The molecule has 0 aliphatic carbocycles. The van der Waals surface area contributed by atoms with Gasteiger partial charge in [-0.15, -0.1) is 0 Å². The Morgan fingerprint density at radius 1 is 1.46 bits per heavy atom. The van der Waals surface area contributed by atoms with Gasteiger partial charge in [0.05, 0.1) is 5.69 Å². The average Bonchev–Trinajstić information content (AvgIpc) is 2.09. The van der Waals surface area contributed by atoms with Gasteiger partial charge in [0, 0.05) is 5.69 Å². The van der Waals surface area contributed by atoms with Gasteiger partial charge in [-0.1, -0.05) is 0 Å². The van der Waals surface area contributed by atoms with E-state index in [1.54, 1.807) is 6.07 Å². The van der Waals surface area contributed by atoms with Gasteiger partial charge < -0.3 is 21.3 Å². The zero-order chi connectivity index (χ0) is 9.84. The number of aliphatic hydroxyl groups excluding tert-OH is 1. The first-order valence-electron chi connectivity index (χ1n) is 3.60. The van der Waals surface area contributed by atoms with Crippen LogP contribution in [0.3, 0.4) is 0 Å². The summed E-state index contributed by atoms with van der Waals surface area (Å²) < 4.78 is 4.68. The standard InChI is InChI=1S/C8H10N2O3/c9-5-1-2-7(6(10)3-5)13-8(12)4-11/h1-3,11H,4,9-10H2. The number of ether oxygens (including phenoxy) is 1. The van der Waals surface area contributed by atoms with Crippen LogP contribution in [0.5, 0.6) is 5.75 Å². The highest BCUT2D eigenvalue weighted by molar-refractivity contribution is 5.76. The SMILES string of the molecule is Nc1ccc(OC(=O)CO)c(N)c1. The van der Waals surface area contributed by atoms with Crippen LogP contribution in [0.25, 0.3) is 0 Å². The van der Waals surface area contributed by atoms with Gasteiger partial charge in [0.15, 0.2) is 5.75 Å². The first kappa shape index (κ1) is 9.34. The van der Waals surface area contributed by atoms with Crippen molar-refractivity contribution in [3.8, 4) is 5.75 Å². The van der Waals surface area contributed by atoms with Gasteiger partial charge >= 0.3 is 5.97 Å². The summed E-state index contributed by atoms with van der Waals surface area (Å²) in [6.07, 6.45) is 0. The van der Waals surface area contributed by atoms with E-state index in [2.05, 4.69) is 4.74 Å². The summed E-state index contributed by atoms with van der Waals surface area (Å²) in [5.74, 6) is -0.551. The van der Waals surface area contributed by atoms with E-state index in [1.165, 1.54) is 12.1 Å². The van der Waals surface area contributed by atoms with Crippen LogP contribution in [0.15, 0.2) is 18.2 Å². The lowest BCUT2D eigenvalue weighted by Gasteiger charge is -2.05. The molecule has 1 aromatic carbocycles. The molecule has 0 heterocycles. The van der Waals surface area contributed by atoms with E-state index >= 15 is 0 Å². The number of carbonyl (C=O) groups excluding carboxylic acids is 1. The second-order valence-corrected chi connectivity index (χ2v) is 2.43. The average molecular weight is 182 g/mol.